The number of hydrogen-bond acceptors (Lipinski definition) is 5. The number of piperidine rings is 1. The number of hydrogen-bond donors (Lipinski definition) is 3. The van der Waals surface area contributed by atoms with E-state index in [0.29, 0.717) is 28.6 Å². The van der Waals surface area contributed by atoms with Gasteiger partial charge in [-0.15, -0.1) is 0 Å². The minimum Gasteiger partial charge on any atom is -0.466 e. The van der Waals surface area contributed by atoms with Crippen LogP contribution in [0, 0.1) is 11.7 Å². The number of urea groups is 1. The third-order valence-corrected chi connectivity index (χ3v) is 7.42. The van der Waals surface area contributed by atoms with Crippen molar-refractivity contribution in [3.05, 3.63) is 64.6 Å². The molecule has 3 aromatic rings. The van der Waals surface area contributed by atoms with Gasteiger partial charge in [-0.2, -0.15) is 0 Å². The molecule has 2 heterocycles. The van der Waals surface area contributed by atoms with E-state index in [4.69, 9.17) is 22.1 Å². The molecule has 4 N–H and O–H groups in total. The highest BCUT2D eigenvalue weighted by Crippen LogP contribution is 2.48. The predicted octanol–water partition coefficient (Wildman–Crippen LogP) is 3.78. The van der Waals surface area contributed by atoms with Gasteiger partial charge in [0.15, 0.2) is 0 Å². The Kier molecular flexibility index (Phi) is 7.17. The Hall–Kier alpha value is -4.12. The number of rotatable bonds is 7. The molecule has 0 bridgehead atoms. The van der Waals surface area contributed by atoms with Crippen LogP contribution in [0.3, 0.4) is 0 Å². The smallest absolute Gasteiger partial charge is 0.323 e. The fraction of sp³-hybridized carbons (Fsp3) is 0.333. The number of carbonyl (C=O) groups excluding carboxylic acids is 4. The minimum absolute atomic E-state index is 0.0181. The number of nitrogens with two attached hydrogens (primary N) is 1. The first kappa shape index (κ1) is 26.5. The Balaban J connectivity index is 1.35. The first-order valence-electron chi connectivity index (χ1n) is 12.6. The largest absolute Gasteiger partial charge is 0.466 e. The summed E-state index contributed by atoms with van der Waals surface area (Å²) in [7, 11) is 0. The number of fused-ring (bicyclic) bond motifs is 2. The number of carbonyl (C=O) groups is 4. The Morgan fingerprint density at radius 1 is 1.18 bits per heavy atom. The molecule has 1 saturated heterocycles. The first-order chi connectivity index (χ1) is 18.7. The first-order valence-corrected chi connectivity index (χ1v) is 12.9. The number of aromatic nitrogens is 1. The highest BCUT2D eigenvalue weighted by Gasteiger charge is 2.56. The summed E-state index contributed by atoms with van der Waals surface area (Å²) in [5, 5.41) is 6.01. The summed E-state index contributed by atoms with van der Waals surface area (Å²) in [5.74, 6) is -1.19. The standard InChI is InChI=1S/C27H27ClFN5O5/c1-2-39-23(35)9-14-6-7-20-17(8-14)19(13-33(20)26(30)37)32-27(38)34-21-10-16(21)11-22(34)25(36)31-12-15-4-3-5-18(28)24(15)29/h3-8,13,16,21-22H,2,9-12H2,1H3,(H2,30,37)(H,31,36)(H,32,38)/t16-,21-,22+/m1/s1. The maximum Gasteiger partial charge on any atom is 0.323 e. The Morgan fingerprint density at radius 3 is 2.72 bits per heavy atom. The zero-order valence-electron chi connectivity index (χ0n) is 21.1. The van der Waals surface area contributed by atoms with Gasteiger partial charge in [0.05, 0.1) is 29.3 Å². The molecule has 12 heteroatoms. The average molecular weight is 556 g/mol. The molecular weight excluding hydrogens is 529 g/mol. The van der Waals surface area contributed by atoms with E-state index in [9.17, 15) is 23.6 Å². The predicted molar refractivity (Wildman–Crippen MR) is 142 cm³/mol. The van der Waals surface area contributed by atoms with E-state index in [2.05, 4.69) is 10.6 Å². The maximum atomic E-state index is 14.3. The molecule has 2 fully saturated rings. The zero-order valence-corrected chi connectivity index (χ0v) is 21.8. The summed E-state index contributed by atoms with van der Waals surface area (Å²) in [6.45, 7) is 1.90. The number of esters is 1. The second-order valence-electron chi connectivity index (χ2n) is 9.67. The van der Waals surface area contributed by atoms with E-state index in [-0.39, 0.29) is 42.1 Å². The van der Waals surface area contributed by atoms with E-state index in [1.54, 1.807) is 31.2 Å². The van der Waals surface area contributed by atoms with Gasteiger partial charge in [-0.25, -0.2) is 14.0 Å². The van der Waals surface area contributed by atoms with Crippen molar-refractivity contribution in [3.8, 4) is 0 Å². The lowest BCUT2D eigenvalue weighted by atomic mass is 10.1. The van der Waals surface area contributed by atoms with Crippen LogP contribution in [-0.4, -0.2) is 52.1 Å². The second kappa shape index (κ2) is 10.6. The number of amides is 4. The van der Waals surface area contributed by atoms with E-state index in [1.807, 2.05) is 0 Å². The Morgan fingerprint density at radius 2 is 1.97 bits per heavy atom. The van der Waals surface area contributed by atoms with Crippen LogP contribution in [0.5, 0.6) is 0 Å². The number of anilines is 1. The SMILES string of the molecule is CCOC(=O)Cc1ccc2c(c1)c(NC(=O)N1[C@@H]3C[C@@H]3C[C@H]1C(=O)NCc1cccc(Cl)c1F)cn2C(N)=O. The summed E-state index contributed by atoms with van der Waals surface area (Å²) in [4.78, 5) is 52.1. The van der Waals surface area contributed by atoms with Crippen molar-refractivity contribution in [2.24, 2.45) is 11.7 Å². The highest BCUT2D eigenvalue weighted by molar-refractivity contribution is 6.30. The summed E-state index contributed by atoms with van der Waals surface area (Å²) in [6, 6.07) is 7.49. The summed E-state index contributed by atoms with van der Waals surface area (Å²) in [6.07, 6.45) is 2.71. The van der Waals surface area contributed by atoms with Gasteiger partial charge in [-0.1, -0.05) is 29.8 Å². The molecule has 204 valence electrons. The fourth-order valence-electron chi connectivity index (χ4n) is 5.20. The van der Waals surface area contributed by atoms with E-state index in [1.165, 1.54) is 27.8 Å². The molecule has 1 aliphatic heterocycles. The molecule has 1 saturated carbocycles. The lowest BCUT2D eigenvalue weighted by Crippen LogP contribution is -2.49. The number of nitrogens with one attached hydrogen (secondary N) is 2. The topological polar surface area (TPSA) is 136 Å². The van der Waals surface area contributed by atoms with Gasteiger partial charge in [0.2, 0.25) is 5.91 Å². The summed E-state index contributed by atoms with van der Waals surface area (Å²) >= 11 is 5.83. The lowest BCUT2D eigenvalue weighted by Gasteiger charge is -2.27. The van der Waals surface area contributed by atoms with E-state index < -0.39 is 35.8 Å². The Labute approximate surface area is 228 Å². The third kappa shape index (κ3) is 5.26. The van der Waals surface area contributed by atoms with Crippen molar-refractivity contribution in [1.29, 1.82) is 0 Å². The molecule has 2 aliphatic rings. The van der Waals surface area contributed by atoms with Crippen LogP contribution in [0.15, 0.2) is 42.6 Å². The zero-order chi connectivity index (χ0) is 27.8. The monoisotopic (exact) mass is 555 g/mol. The molecule has 0 unspecified atom stereocenters. The van der Waals surface area contributed by atoms with E-state index >= 15 is 0 Å². The summed E-state index contributed by atoms with van der Waals surface area (Å²) in [5.41, 5.74) is 7.17. The van der Waals surface area contributed by atoms with Gasteiger partial charge in [-0.3, -0.25) is 14.2 Å². The van der Waals surface area contributed by atoms with Crippen LogP contribution < -0.4 is 16.4 Å². The quantitative estimate of drug-likeness (QED) is 0.381. The van der Waals surface area contributed by atoms with Gasteiger partial charge in [-0.05, 0) is 49.4 Å². The second-order valence-corrected chi connectivity index (χ2v) is 10.1. The molecule has 1 aromatic heterocycles. The number of primary amides is 1. The molecule has 10 nitrogen and oxygen atoms in total. The molecule has 0 radical (unpaired) electrons. The molecule has 3 atom stereocenters. The van der Waals surface area contributed by atoms with Crippen molar-refractivity contribution in [1.82, 2.24) is 14.8 Å². The van der Waals surface area contributed by atoms with E-state index in [0.717, 1.165) is 6.42 Å². The van der Waals surface area contributed by atoms with Crippen LogP contribution in [0.2, 0.25) is 5.02 Å². The van der Waals surface area contributed by atoms with Gasteiger partial charge in [0.25, 0.3) is 0 Å². The van der Waals surface area contributed by atoms with Crippen molar-refractivity contribution in [2.45, 2.75) is 44.8 Å². The molecule has 4 amide bonds. The third-order valence-electron chi connectivity index (χ3n) is 7.13. The van der Waals surface area contributed by atoms with Crippen LogP contribution >= 0.6 is 11.6 Å². The van der Waals surface area contributed by atoms with Crippen molar-refractivity contribution >= 4 is 52.1 Å². The molecule has 0 spiro atoms. The van der Waals surface area contributed by atoms with Crippen molar-refractivity contribution in [3.63, 3.8) is 0 Å². The number of likely N-dealkylation sites (tertiary alicyclic amines) is 1. The molecule has 5 rings (SSSR count). The molecule has 2 aromatic carbocycles. The summed E-state index contributed by atoms with van der Waals surface area (Å²) < 4.78 is 20.5. The number of ether oxygens (including phenoxy) is 1. The van der Waals surface area contributed by atoms with Crippen LogP contribution in [0.1, 0.15) is 30.9 Å². The van der Waals surface area contributed by atoms with Gasteiger partial charge >= 0.3 is 18.0 Å². The maximum absolute atomic E-state index is 14.3. The molecule has 39 heavy (non-hydrogen) atoms. The average Bonchev–Trinajstić information content (AvgIpc) is 3.41. The fourth-order valence-corrected chi connectivity index (χ4v) is 5.39. The Bertz CT molecular complexity index is 1490. The van der Waals surface area contributed by atoms with Crippen molar-refractivity contribution in [2.75, 3.05) is 11.9 Å². The number of halogens is 2. The minimum atomic E-state index is -0.743. The van der Waals surface area contributed by atoms with Gasteiger partial charge in [0, 0.05) is 29.7 Å². The normalized spacial score (nSPS) is 19.5. The number of nitrogens with zero attached hydrogens (tertiary/aromatic N) is 2. The number of benzene rings is 2. The van der Waals surface area contributed by atoms with Gasteiger partial charge < -0.3 is 26.0 Å². The van der Waals surface area contributed by atoms with Gasteiger partial charge in [0.1, 0.15) is 11.9 Å². The van der Waals surface area contributed by atoms with Crippen LogP contribution in [-0.2, 0) is 27.3 Å². The highest BCUT2D eigenvalue weighted by atomic mass is 35.5. The molecule has 1 aliphatic carbocycles. The van der Waals surface area contributed by atoms with Crippen LogP contribution in [0.4, 0.5) is 19.7 Å². The molecular formula is C27H27ClFN5O5. The van der Waals surface area contributed by atoms with Crippen LogP contribution in [0.25, 0.3) is 10.9 Å². The lowest BCUT2D eigenvalue weighted by molar-refractivity contribution is -0.142. The van der Waals surface area contributed by atoms with Crippen molar-refractivity contribution < 1.29 is 28.3 Å².